The number of hydrogen-bond donors (Lipinski definition) is 1. The Hall–Kier alpha value is -2.96. The SMILES string of the molecule is Cc1ccc(-n2cc(C(=O)NCCN3CCOCC3)c(-c3ccccc3)n2)cc1. The Bertz CT molecular complexity index is 945. The van der Waals surface area contributed by atoms with E-state index in [4.69, 9.17) is 9.84 Å². The molecule has 29 heavy (non-hydrogen) atoms. The summed E-state index contributed by atoms with van der Waals surface area (Å²) in [4.78, 5) is 15.3. The average Bonchev–Trinajstić information content (AvgIpc) is 3.21. The Balaban J connectivity index is 1.55. The molecule has 0 aliphatic carbocycles. The molecule has 0 bridgehead atoms. The van der Waals surface area contributed by atoms with Gasteiger partial charge in [-0.3, -0.25) is 9.69 Å². The van der Waals surface area contributed by atoms with E-state index in [2.05, 4.69) is 17.1 Å². The van der Waals surface area contributed by atoms with Gasteiger partial charge in [0, 0.05) is 37.9 Å². The highest BCUT2D eigenvalue weighted by Crippen LogP contribution is 2.23. The Morgan fingerprint density at radius 2 is 1.79 bits per heavy atom. The summed E-state index contributed by atoms with van der Waals surface area (Å²) in [5, 5.41) is 7.78. The molecule has 2 aromatic carbocycles. The van der Waals surface area contributed by atoms with Crippen LogP contribution in [-0.2, 0) is 4.74 Å². The van der Waals surface area contributed by atoms with Crippen LogP contribution in [0, 0.1) is 6.92 Å². The summed E-state index contributed by atoms with van der Waals surface area (Å²) in [6, 6.07) is 17.9. The molecule has 2 heterocycles. The zero-order valence-electron chi connectivity index (χ0n) is 16.7. The third-order valence-corrected chi connectivity index (χ3v) is 5.12. The first-order chi connectivity index (χ1) is 14.2. The first-order valence-electron chi connectivity index (χ1n) is 10.0. The number of morpholine rings is 1. The second-order valence-corrected chi connectivity index (χ2v) is 7.25. The molecule has 1 aliphatic rings. The largest absolute Gasteiger partial charge is 0.379 e. The van der Waals surface area contributed by atoms with Crippen molar-refractivity contribution in [3.63, 3.8) is 0 Å². The minimum atomic E-state index is -0.101. The molecule has 0 radical (unpaired) electrons. The van der Waals surface area contributed by atoms with Crippen LogP contribution in [-0.4, -0.2) is 60.0 Å². The van der Waals surface area contributed by atoms with E-state index in [9.17, 15) is 4.79 Å². The van der Waals surface area contributed by atoms with Gasteiger partial charge in [0.25, 0.3) is 5.91 Å². The van der Waals surface area contributed by atoms with Crippen molar-refractivity contribution in [2.45, 2.75) is 6.92 Å². The molecule has 6 heteroatoms. The normalized spacial score (nSPS) is 14.7. The Morgan fingerprint density at radius 3 is 2.52 bits per heavy atom. The minimum absolute atomic E-state index is 0.101. The van der Waals surface area contributed by atoms with Crippen LogP contribution < -0.4 is 5.32 Å². The molecule has 4 rings (SSSR count). The summed E-state index contributed by atoms with van der Waals surface area (Å²) in [6.45, 7) is 6.82. The molecule has 1 aliphatic heterocycles. The summed E-state index contributed by atoms with van der Waals surface area (Å²) in [5.41, 5.74) is 4.32. The number of hydrogen-bond acceptors (Lipinski definition) is 4. The molecule has 6 nitrogen and oxygen atoms in total. The topological polar surface area (TPSA) is 59.4 Å². The summed E-state index contributed by atoms with van der Waals surface area (Å²) in [6.07, 6.45) is 1.82. The summed E-state index contributed by atoms with van der Waals surface area (Å²) in [7, 11) is 0. The van der Waals surface area contributed by atoms with Gasteiger partial charge in [-0.05, 0) is 19.1 Å². The van der Waals surface area contributed by atoms with E-state index < -0.39 is 0 Å². The monoisotopic (exact) mass is 390 g/mol. The first-order valence-corrected chi connectivity index (χ1v) is 10.0. The second-order valence-electron chi connectivity index (χ2n) is 7.25. The van der Waals surface area contributed by atoms with E-state index in [0.717, 1.165) is 44.1 Å². The van der Waals surface area contributed by atoms with Crippen molar-refractivity contribution in [3.8, 4) is 16.9 Å². The van der Waals surface area contributed by atoms with Gasteiger partial charge in [0.2, 0.25) is 0 Å². The van der Waals surface area contributed by atoms with Gasteiger partial charge in [-0.1, -0.05) is 48.0 Å². The van der Waals surface area contributed by atoms with E-state index >= 15 is 0 Å². The van der Waals surface area contributed by atoms with E-state index in [1.165, 1.54) is 5.56 Å². The number of ether oxygens (including phenoxy) is 1. The predicted molar refractivity (Wildman–Crippen MR) is 113 cm³/mol. The van der Waals surface area contributed by atoms with Gasteiger partial charge < -0.3 is 10.1 Å². The van der Waals surface area contributed by atoms with Gasteiger partial charge in [0.15, 0.2) is 0 Å². The van der Waals surface area contributed by atoms with E-state index in [0.29, 0.717) is 17.8 Å². The average molecular weight is 390 g/mol. The highest BCUT2D eigenvalue weighted by atomic mass is 16.5. The third kappa shape index (κ3) is 4.72. The lowest BCUT2D eigenvalue weighted by molar-refractivity contribution is 0.0383. The first kappa shape index (κ1) is 19.4. The molecule has 1 amide bonds. The van der Waals surface area contributed by atoms with Gasteiger partial charge in [-0.2, -0.15) is 5.10 Å². The number of amides is 1. The standard InChI is InChI=1S/C23H26N4O2/c1-18-7-9-20(10-8-18)27-17-21(22(25-27)19-5-3-2-4-6-19)23(28)24-11-12-26-13-15-29-16-14-26/h2-10,17H,11-16H2,1H3,(H,24,28). The van der Waals surface area contributed by atoms with E-state index in [1.807, 2.05) is 60.8 Å². The summed E-state index contributed by atoms with van der Waals surface area (Å²) in [5.74, 6) is -0.101. The van der Waals surface area contributed by atoms with Crippen LogP contribution in [0.25, 0.3) is 16.9 Å². The van der Waals surface area contributed by atoms with Crippen LogP contribution in [0.4, 0.5) is 0 Å². The number of aromatic nitrogens is 2. The zero-order chi connectivity index (χ0) is 20.1. The van der Waals surface area contributed by atoms with Crippen molar-refractivity contribution in [1.29, 1.82) is 0 Å². The fraction of sp³-hybridized carbons (Fsp3) is 0.304. The van der Waals surface area contributed by atoms with Crippen molar-refractivity contribution in [2.75, 3.05) is 39.4 Å². The lowest BCUT2D eigenvalue weighted by atomic mass is 10.1. The number of nitrogens with zero attached hydrogens (tertiary/aromatic N) is 3. The third-order valence-electron chi connectivity index (χ3n) is 5.12. The minimum Gasteiger partial charge on any atom is -0.379 e. The molecule has 3 aromatic rings. The van der Waals surface area contributed by atoms with Crippen molar-refractivity contribution >= 4 is 5.91 Å². The maximum absolute atomic E-state index is 13.0. The molecule has 150 valence electrons. The van der Waals surface area contributed by atoms with Gasteiger partial charge >= 0.3 is 0 Å². The van der Waals surface area contributed by atoms with Crippen LogP contribution in [0.5, 0.6) is 0 Å². The van der Waals surface area contributed by atoms with Gasteiger partial charge in [-0.25, -0.2) is 4.68 Å². The molecule has 0 atom stereocenters. The maximum atomic E-state index is 13.0. The molecule has 1 N–H and O–H groups in total. The summed E-state index contributed by atoms with van der Waals surface area (Å²) >= 11 is 0. The number of carbonyl (C=O) groups is 1. The van der Waals surface area contributed by atoms with Crippen molar-refractivity contribution in [1.82, 2.24) is 20.0 Å². The highest BCUT2D eigenvalue weighted by Gasteiger charge is 2.19. The van der Waals surface area contributed by atoms with Gasteiger partial charge in [0.1, 0.15) is 5.69 Å². The molecule has 1 aromatic heterocycles. The fourth-order valence-corrected chi connectivity index (χ4v) is 3.43. The lowest BCUT2D eigenvalue weighted by Gasteiger charge is -2.26. The van der Waals surface area contributed by atoms with E-state index in [1.54, 1.807) is 4.68 Å². The second kappa shape index (κ2) is 9.03. The van der Waals surface area contributed by atoms with Crippen molar-refractivity contribution in [3.05, 3.63) is 71.9 Å². The summed E-state index contributed by atoms with van der Waals surface area (Å²) < 4.78 is 7.15. The quantitative estimate of drug-likeness (QED) is 0.703. The lowest BCUT2D eigenvalue weighted by Crippen LogP contribution is -2.41. The number of carbonyl (C=O) groups excluding carboxylic acids is 1. The van der Waals surface area contributed by atoms with E-state index in [-0.39, 0.29) is 5.91 Å². The molecule has 1 fully saturated rings. The molecule has 0 spiro atoms. The molecule has 0 saturated carbocycles. The van der Waals surface area contributed by atoms with Crippen LogP contribution in [0.3, 0.4) is 0 Å². The molecular weight excluding hydrogens is 364 g/mol. The molecule has 0 unspecified atom stereocenters. The number of benzene rings is 2. The smallest absolute Gasteiger partial charge is 0.255 e. The van der Waals surface area contributed by atoms with Gasteiger partial charge in [-0.15, -0.1) is 0 Å². The van der Waals surface area contributed by atoms with Crippen LogP contribution in [0.1, 0.15) is 15.9 Å². The molecule has 1 saturated heterocycles. The highest BCUT2D eigenvalue weighted by molar-refractivity contribution is 5.99. The predicted octanol–water partition coefficient (Wildman–Crippen LogP) is 2.91. The van der Waals surface area contributed by atoms with Crippen molar-refractivity contribution in [2.24, 2.45) is 0 Å². The Morgan fingerprint density at radius 1 is 1.07 bits per heavy atom. The van der Waals surface area contributed by atoms with Crippen LogP contribution >= 0.6 is 0 Å². The van der Waals surface area contributed by atoms with Crippen LogP contribution in [0.15, 0.2) is 60.8 Å². The zero-order valence-corrected chi connectivity index (χ0v) is 16.7. The number of nitrogens with one attached hydrogen (secondary N) is 1. The maximum Gasteiger partial charge on any atom is 0.255 e. The number of aryl methyl sites for hydroxylation is 1. The van der Waals surface area contributed by atoms with Gasteiger partial charge in [0.05, 0.1) is 24.5 Å². The Kier molecular flexibility index (Phi) is 6.03. The molecular formula is C23H26N4O2. The van der Waals surface area contributed by atoms with Crippen LogP contribution in [0.2, 0.25) is 0 Å². The number of rotatable bonds is 6. The van der Waals surface area contributed by atoms with Crippen molar-refractivity contribution < 1.29 is 9.53 Å². The fourth-order valence-electron chi connectivity index (χ4n) is 3.43. The Labute approximate surface area is 171 Å².